The summed E-state index contributed by atoms with van der Waals surface area (Å²) in [7, 11) is 0. The molecule has 0 fully saturated rings. The third-order valence-corrected chi connectivity index (χ3v) is 5.41. The maximum absolute atomic E-state index is 13.7. The summed E-state index contributed by atoms with van der Waals surface area (Å²) in [4.78, 5) is 20.8. The molecule has 27 heavy (non-hydrogen) atoms. The first-order valence-electron chi connectivity index (χ1n) is 7.75. The van der Waals surface area contributed by atoms with Crippen molar-refractivity contribution in [3.05, 3.63) is 76.8 Å². The molecule has 0 saturated carbocycles. The van der Waals surface area contributed by atoms with Gasteiger partial charge in [0.2, 0.25) is 0 Å². The van der Waals surface area contributed by atoms with Crippen LogP contribution in [-0.2, 0) is 6.61 Å². The first-order chi connectivity index (χ1) is 12.8. The summed E-state index contributed by atoms with van der Waals surface area (Å²) < 4.78 is 35.0. The number of aryl methyl sites for hydroxylation is 2. The van der Waals surface area contributed by atoms with Gasteiger partial charge < -0.3 is 4.74 Å². The molecule has 3 aromatic heterocycles. The van der Waals surface area contributed by atoms with Gasteiger partial charge in [-0.2, -0.15) is 0 Å². The number of hydrogen-bond donors (Lipinski definition) is 0. The van der Waals surface area contributed by atoms with Crippen molar-refractivity contribution in [3.8, 4) is 11.4 Å². The Hall–Kier alpha value is -1.63. The van der Waals surface area contributed by atoms with Crippen LogP contribution in [0.25, 0.3) is 5.69 Å². The lowest BCUT2D eigenvalue weighted by atomic mass is 10.2. The summed E-state index contributed by atoms with van der Waals surface area (Å²) in [6, 6.07) is 4.28. The average molecular weight is 595 g/mol. The van der Waals surface area contributed by atoms with Crippen LogP contribution < -0.4 is 10.3 Å². The number of aromatic nitrogens is 3. The molecule has 3 rings (SSSR count). The maximum atomic E-state index is 13.7. The fourth-order valence-corrected chi connectivity index (χ4v) is 3.50. The Morgan fingerprint density at radius 1 is 1.11 bits per heavy atom. The Labute approximate surface area is 181 Å². The van der Waals surface area contributed by atoms with Gasteiger partial charge in [0, 0.05) is 24.0 Å². The SMILES string of the molecule is Cc1cnc(I)cc1-n1c(C)cc(OCc2ncc(F)cc2F)c(I)c1=O. The second-order valence-corrected chi connectivity index (χ2v) is 7.95. The van der Waals surface area contributed by atoms with E-state index in [1.54, 1.807) is 23.8 Å². The van der Waals surface area contributed by atoms with Crippen LogP contribution in [0.15, 0.2) is 35.4 Å². The Morgan fingerprint density at radius 3 is 2.56 bits per heavy atom. The van der Waals surface area contributed by atoms with Crippen molar-refractivity contribution < 1.29 is 13.5 Å². The molecule has 0 amide bonds. The smallest absolute Gasteiger partial charge is 0.272 e. The fourth-order valence-electron chi connectivity index (χ4n) is 2.51. The van der Waals surface area contributed by atoms with Crippen molar-refractivity contribution in [2.24, 2.45) is 0 Å². The van der Waals surface area contributed by atoms with E-state index in [1.165, 1.54) is 0 Å². The second kappa shape index (κ2) is 8.17. The molecule has 3 heterocycles. The fraction of sp³-hybridized carbons (Fsp3) is 0.167. The summed E-state index contributed by atoms with van der Waals surface area (Å²) >= 11 is 3.99. The molecule has 9 heteroatoms. The maximum Gasteiger partial charge on any atom is 0.272 e. The molecular weight excluding hydrogens is 582 g/mol. The summed E-state index contributed by atoms with van der Waals surface area (Å²) in [5.74, 6) is -1.23. The summed E-state index contributed by atoms with van der Waals surface area (Å²) in [6.45, 7) is 3.45. The van der Waals surface area contributed by atoms with Crippen LogP contribution in [0.3, 0.4) is 0 Å². The van der Waals surface area contributed by atoms with Gasteiger partial charge in [0.25, 0.3) is 5.56 Å². The van der Waals surface area contributed by atoms with Gasteiger partial charge in [0.1, 0.15) is 31.1 Å². The van der Waals surface area contributed by atoms with Crippen molar-refractivity contribution in [1.82, 2.24) is 14.5 Å². The van der Waals surface area contributed by atoms with Gasteiger partial charge in [-0.15, -0.1) is 0 Å². The lowest BCUT2D eigenvalue weighted by molar-refractivity contribution is 0.290. The number of pyridine rings is 3. The highest BCUT2D eigenvalue weighted by molar-refractivity contribution is 14.1. The molecule has 0 atom stereocenters. The molecule has 0 bridgehead atoms. The molecule has 0 N–H and O–H groups in total. The third-order valence-electron chi connectivity index (χ3n) is 3.83. The molecular formula is C18H13F2I2N3O2. The van der Waals surface area contributed by atoms with Gasteiger partial charge in [0.15, 0.2) is 5.82 Å². The quantitative estimate of drug-likeness (QED) is 0.334. The first kappa shape index (κ1) is 20.1. The van der Waals surface area contributed by atoms with E-state index in [4.69, 9.17) is 4.74 Å². The van der Waals surface area contributed by atoms with Crippen molar-refractivity contribution >= 4 is 45.2 Å². The molecule has 3 aromatic rings. The zero-order valence-electron chi connectivity index (χ0n) is 14.3. The summed E-state index contributed by atoms with van der Waals surface area (Å²) in [5.41, 5.74) is 1.99. The predicted octanol–water partition coefficient (Wildman–Crippen LogP) is 4.31. The molecule has 0 aliphatic rings. The van der Waals surface area contributed by atoms with Gasteiger partial charge in [0.05, 0.1) is 11.9 Å². The molecule has 0 aliphatic heterocycles. The minimum atomic E-state index is -0.794. The topological polar surface area (TPSA) is 57.0 Å². The van der Waals surface area contributed by atoms with E-state index in [0.717, 1.165) is 27.2 Å². The van der Waals surface area contributed by atoms with E-state index >= 15 is 0 Å². The summed E-state index contributed by atoms with van der Waals surface area (Å²) in [5, 5.41) is 0. The van der Waals surface area contributed by atoms with Crippen LogP contribution >= 0.6 is 45.2 Å². The minimum absolute atomic E-state index is 0.0337. The molecule has 0 unspecified atom stereocenters. The van der Waals surface area contributed by atoms with Crippen LogP contribution in [0.2, 0.25) is 0 Å². The van der Waals surface area contributed by atoms with Gasteiger partial charge in [-0.05, 0) is 70.7 Å². The number of nitrogens with zero attached hydrogens (tertiary/aromatic N) is 3. The van der Waals surface area contributed by atoms with E-state index in [9.17, 15) is 13.6 Å². The monoisotopic (exact) mass is 595 g/mol. The van der Waals surface area contributed by atoms with Crippen LogP contribution in [0.4, 0.5) is 8.78 Å². The van der Waals surface area contributed by atoms with E-state index in [0.29, 0.717) is 15.0 Å². The van der Waals surface area contributed by atoms with Crippen LogP contribution in [-0.4, -0.2) is 14.5 Å². The molecule has 0 aromatic carbocycles. The van der Waals surface area contributed by atoms with Crippen molar-refractivity contribution in [3.63, 3.8) is 0 Å². The largest absolute Gasteiger partial charge is 0.486 e. The highest BCUT2D eigenvalue weighted by Crippen LogP contribution is 2.24. The lowest BCUT2D eigenvalue weighted by Gasteiger charge is -2.16. The molecule has 0 saturated heterocycles. The second-order valence-electron chi connectivity index (χ2n) is 5.77. The highest BCUT2D eigenvalue weighted by Gasteiger charge is 2.16. The van der Waals surface area contributed by atoms with Crippen molar-refractivity contribution in [2.75, 3.05) is 0 Å². The Kier molecular flexibility index (Phi) is 6.08. The number of hydrogen-bond acceptors (Lipinski definition) is 4. The zero-order valence-corrected chi connectivity index (χ0v) is 18.6. The molecule has 0 radical (unpaired) electrons. The minimum Gasteiger partial charge on any atom is -0.486 e. The van der Waals surface area contributed by atoms with Crippen molar-refractivity contribution in [2.45, 2.75) is 20.5 Å². The zero-order chi connectivity index (χ0) is 19.7. The molecule has 0 aliphatic carbocycles. The van der Waals surface area contributed by atoms with Gasteiger partial charge in [-0.25, -0.2) is 13.8 Å². The Bertz CT molecular complexity index is 1090. The van der Waals surface area contributed by atoms with Gasteiger partial charge in [-0.1, -0.05) is 0 Å². The van der Waals surface area contributed by atoms with E-state index in [2.05, 4.69) is 32.6 Å². The lowest BCUT2D eigenvalue weighted by Crippen LogP contribution is -2.24. The van der Waals surface area contributed by atoms with Crippen molar-refractivity contribution in [1.29, 1.82) is 0 Å². The van der Waals surface area contributed by atoms with Crippen LogP contribution in [0.1, 0.15) is 17.0 Å². The van der Waals surface area contributed by atoms with E-state index in [-0.39, 0.29) is 17.9 Å². The van der Waals surface area contributed by atoms with Crippen LogP contribution in [0, 0.1) is 32.8 Å². The molecule has 140 valence electrons. The number of halogens is 4. The third kappa shape index (κ3) is 4.28. The Balaban J connectivity index is 1.98. The normalized spacial score (nSPS) is 10.9. The Morgan fingerprint density at radius 2 is 1.85 bits per heavy atom. The number of rotatable bonds is 4. The van der Waals surface area contributed by atoms with E-state index < -0.39 is 11.6 Å². The molecule has 0 spiro atoms. The van der Waals surface area contributed by atoms with Gasteiger partial charge >= 0.3 is 0 Å². The standard InChI is InChI=1S/C18H13F2I2N3O2/c1-9-6-24-16(21)5-14(9)25-10(2)3-15(17(22)18(25)26)27-8-13-12(20)4-11(19)7-23-13/h3-7H,8H2,1-2H3. The average Bonchev–Trinajstić information content (AvgIpc) is 2.61. The first-order valence-corrected chi connectivity index (χ1v) is 9.91. The highest BCUT2D eigenvalue weighted by atomic mass is 127. The predicted molar refractivity (Wildman–Crippen MR) is 113 cm³/mol. The van der Waals surface area contributed by atoms with Gasteiger partial charge in [-0.3, -0.25) is 14.3 Å². The molecule has 5 nitrogen and oxygen atoms in total. The van der Waals surface area contributed by atoms with Crippen LogP contribution in [0.5, 0.6) is 5.75 Å². The number of ether oxygens (including phenoxy) is 1. The van der Waals surface area contributed by atoms with E-state index in [1.807, 2.05) is 35.6 Å². The summed E-state index contributed by atoms with van der Waals surface area (Å²) in [6.07, 6.45) is 2.63.